The molecule has 0 aliphatic carbocycles. The van der Waals surface area contributed by atoms with Crippen LogP contribution in [-0.4, -0.2) is 48.9 Å². The highest BCUT2D eigenvalue weighted by Crippen LogP contribution is 2.15. The van der Waals surface area contributed by atoms with Crippen molar-refractivity contribution < 1.29 is 19.1 Å². The van der Waals surface area contributed by atoms with Crippen LogP contribution in [0.25, 0.3) is 6.08 Å². The summed E-state index contributed by atoms with van der Waals surface area (Å²) in [5, 5.41) is 2.79. The molecule has 2 rings (SSSR count). The van der Waals surface area contributed by atoms with Gasteiger partial charge in [-0.15, -0.1) is 0 Å². The molecule has 1 heterocycles. The van der Waals surface area contributed by atoms with Gasteiger partial charge < -0.3 is 15.0 Å². The van der Waals surface area contributed by atoms with Crippen LogP contribution in [0.3, 0.4) is 0 Å². The number of piperazine rings is 1. The minimum Gasteiger partial charge on any atom is -0.465 e. The van der Waals surface area contributed by atoms with Gasteiger partial charge in [0.15, 0.2) is 0 Å². The Morgan fingerprint density at radius 2 is 1.96 bits per heavy atom. The molecule has 1 saturated heterocycles. The molecule has 0 bridgehead atoms. The molecule has 0 aromatic heterocycles. The predicted octanol–water partition coefficient (Wildman–Crippen LogP) is 1.47. The molecule has 1 fully saturated rings. The van der Waals surface area contributed by atoms with E-state index in [-0.39, 0.29) is 17.7 Å². The van der Waals surface area contributed by atoms with Crippen LogP contribution in [0.15, 0.2) is 30.3 Å². The Labute approximate surface area is 141 Å². The Bertz CT molecular complexity index is 649. The van der Waals surface area contributed by atoms with Gasteiger partial charge in [-0.3, -0.25) is 9.59 Å². The van der Waals surface area contributed by atoms with Crippen LogP contribution in [-0.2, 0) is 14.3 Å². The maximum absolute atomic E-state index is 12.4. The number of rotatable bonds is 4. The number of nitrogens with one attached hydrogen (secondary N) is 1. The Kier molecular flexibility index (Phi) is 5.73. The van der Waals surface area contributed by atoms with Crippen molar-refractivity contribution in [2.24, 2.45) is 5.92 Å². The van der Waals surface area contributed by atoms with Crippen molar-refractivity contribution in [3.8, 4) is 0 Å². The number of methoxy groups -OCH3 is 1. The molecular weight excluding hydrogens is 308 g/mol. The molecule has 0 spiro atoms. The van der Waals surface area contributed by atoms with Crippen LogP contribution in [0.2, 0.25) is 0 Å². The van der Waals surface area contributed by atoms with Crippen molar-refractivity contribution in [1.29, 1.82) is 0 Å². The van der Waals surface area contributed by atoms with Gasteiger partial charge in [-0.05, 0) is 29.7 Å². The molecule has 1 aliphatic heterocycles. The number of amides is 2. The fourth-order valence-electron chi connectivity index (χ4n) is 2.71. The fraction of sp³-hybridized carbons (Fsp3) is 0.389. The maximum atomic E-state index is 12.4. The SMILES string of the molecule is COC(=O)c1ccc(/C=C\C(=O)N2CCNC(=O)[C@H]2C(C)C)cc1. The third-order valence-electron chi connectivity index (χ3n) is 3.92. The minimum absolute atomic E-state index is 0.0435. The molecule has 0 radical (unpaired) electrons. The topological polar surface area (TPSA) is 75.7 Å². The summed E-state index contributed by atoms with van der Waals surface area (Å²) < 4.78 is 4.64. The van der Waals surface area contributed by atoms with Crippen molar-refractivity contribution >= 4 is 23.9 Å². The summed E-state index contributed by atoms with van der Waals surface area (Å²) in [6.45, 7) is 4.81. The van der Waals surface area contributed by atoms with Gasteiger partial charge in [0.2, 0.25) is 11.8 Å². The van der Waals surface area contributed by atoms with Gasteiger partial charge in [-0.25, -0.2) is 4.79 Å². The van der Waals surface area contributed by atoms with Crippen LogP contribution < -0.4 is 5.32 Å². The lowest BCUT2D eigenvalue weighted by molar-refractivity contribution is -0.141. The molecule has 1 N–H and O–H groups in total. The van der Waals surface area contributed by atoms with Gasteiger partial charge >= 0.3 is 5.97 Å². The van der Waals surface area contributed by atoms with Crippen molar-refractivity contribution in [2.45, 2.75) is 19.9 Å². The normalized spacial score (nSPS) is 17.9. The van der Waals surface area contributed by atoms with Crippen molar-refractivity contribution in [3.63, 3.8) is 0 Å². The Morgan fingerprint density at radius 3 is 2.54 bits per heavy atom. The lowest BCUT2D eigenvalue weighted by Gasteiger charge is -2.36. The van der Waals surface area contributed by atoms with Gasteiger partial charge in [0, 0.05) is 19.2 Å². The largest absolute Gasteiger partial charge is 0.465 e. The lowest BCUT2D eigenvalue weighted by Crippen LogP contribution is -2.58. The van der Waals surface area contributed by atoms with E-state index in [1.54, 1.807) is 35.2 Å². The van der Waals surface area contributed by atoms with Gasteiger partial charge in [-0.2, -0.15) is 0 Å². The predicted molar refractivity (Wildman–Crippen MR) is 90.2 cm³/mol. The van der Waals surface area contributed by atoms with Crippen LogP contribution in [0.4, 0.5) is 0 Å². The first-order chi connectivity index (χ1) is 11.4. The van der Waals surface area contributed by atoms with E-state index in [9.17, 15) is 14.4 Å². The molecule has 0 unspecified atom stereocenters. The Balaban J connectivity index is 2.08. The zero-order chi connectivity index (χ0) is 17.7. The van der Waals surface area contributed by atoms with Crippen LogP contribution in [0.5, 0.6) is 0 Å². The smallest absolute Gasteiger partial charge is 0.337 e. The van der Waals surface area contributed by atoms with E-state index >= 15 is 0 Å². The average molecular weight is 330 g/mol. The third kappa shape index (κ3) is 4.01. The number of hydrogen-bond donors (Lipinski definition) is 1. The van der Waals surface area contributed by atoms with E-state index in [0.29, 0.717) is 18.7 Å². The van der Waals surface area contributed by atoms with Crippen molar-refractivity contribution in [3.05, 3.63) is 41.5 Å². The molecule has 0 saturated carbocycles. The van der Waals surface area contributed by atoms with Crippen LogP contribution >= 0.6 is 0 Å². The first-order valence-corrected chi connectivity index (χ1v) is 7.89. The minimum atomic E-state index is -0.447. The van der Waals surface area contributed by atoms with Gasteiger partial charge in [0.25, 0.3) is 0 Å². The maximum Gasteiger partial charge on any atom is 0.337 e. The number of nitrogens with zero attached hydrogens (tertiary/aromatic N) is 1. The van der Waals surface area contributed by atoms with E-state index in [4.69, 9.17) is 0 Å². The quantitative estimate of drug-likeness (QED) is 0.670. The molecule has 1 atom stereocenters. The zero-order valence-electron chi connectivity index (χ0n) is 14.1. The fourth-order valence-corrected chi connectivity index (χ4v) is 2.71. The van der Waals surface area contributed by atoms with E-state index in [1.165, 1.54) is 13.2 Å². The highest BCUT2D eigenvalue weighted by molar-refractivity contribution is 5.96. The molecule has 6 nitrogen and oxygen atoms in total. The van der Waals surface area contributed by atoms with Gasteiger partial charge in [-0.1, -0.05) is 26.0 Å². The van der Waals surface area contributed by atoms with Crippen LogP contribution in [0.1, 0.15) is 29.8 Å². The second kappa shape index (κ2) is 7.77. The molecule has 6 heteroatoms. The highest BCUT2D eigenvalue weighted by atomic mass is 16.5. The van der Waals surface area contributed by atoms with Gasteiger partial charge in [0.1, 0.15) is 6.04 Å². The molecule has 128 valence electrons. The molecule has 1 aromatic carbocycles. The van der Waals surface area contributed by atoms with E-state index in [1.807, 2.05) is 13.8 Å². The summed E-state index contributed by atoms with van der Waals surface area (Å²) in [5.41, 5.74) is 1.24. The summed E-state index contributed by atoms with van der Waals surface area (Å²) in [5.74, 6) is -0.663. The second-order valence-corrected chi connectivity index (χ2v) is 5.96. The molecule has 2 amide bonds. The first-order valence-electron chi connectivity index (χ1n) is 7.89. The molecule has 24 heavy (non-hydrogen) atoms. The number of esters is 1. The number of hydrogen-bond acceptors (Lipinski definition) is 4. The number of carbonyl (C=O) groups excluding carboxylic acids is 3. The summed E-state index contributed by atoms with van der Waals surface area (Å²) >= 11 is 0. The zero-order valence-corrected chi connectivity index (χ0v) is 14.1. The van der Waals surface area contributed by atoms with Gasteiger partial charge in [0.05, 0.1) is 12.7 Å². The first kappa shape index (κ1) is 17.7. The van der Waals surface area contributed by atoms with Crippen LogP contribution in [0, 0.1) is 5.92 Å². The summed E-state index contributed by atoms with van der Waals surface area (Å²) in [7, 11) is 1.33. The van der Waals surface area contributed by atoms with E-state index in [0.717, 1.165) is 5.56 Å². The second-order valence-electron chi connectivity index (χ2n) is 5.96. The monoisotopic (exact) mass is 330 g/mol. The highest BCUT2D eigenvalue weighted by Gasteiger charge is 2.34. The lowest BCUT2D eigenvalue weighted by atomic mass is 9.99. The molecule has 1 aromatic rings. The Morgan fingerprint density at radius 1 is 1.29 bits per heavy atom. The number of benzene rings is 1. The van der Waals surface area contributed by atoms with Crippen molar-refractivity contribution in [2.75, 3.05) is 20.2 Å². The van der Waals surface area contributed by atoms with E-state index in [2.05, 4.69) is 10.1 Å². The summed E-state index contributed by atoms with van der Waals surface area (Å²) in [6, 6.07) is 6.30. The third-order valence-corrected chi connectivity index (χ3v) is 3.92. The molecule has 1 aliphatic rings. The Hall–Kier alpha value is -2.63. The van der Waals surface area contributed by atoms with E-state index < -0.39 is 12.0 Å². The molecular formula is C18H22N2O4. The standard InChI is InChI=1S/C18H22N2O4/c1-12(2)16-17(22)19-10-11-20(16)15(21)9-6-13-4-7-14(8-5-13)18(23)24-3/h4-9,12,16H,10-11H2,1-3H3,(H,19,22)/b9-6-/t16-/m1/s1. The average Bonchev–Trinajstić information content (AvgIpc) is 2.58. The van der Waals surface area contributed by atoms with Crippen molar-refractivity contribution in [1.82, 2.24) is 10.2 Å². The number of carbonyl (C=O) groups is 3. The number of ether oxygens (including phenoxy) is 1. The summed E-state index contributed by atoms with van der Waals surface area (Å²) in [6.07, 6.45) is 3.13. The summed E-state index contributed by atoms with van der Waals surface area (Å²) in [4.78, 5) is 37.4.